The Balaban J connectivity index is 2.87. The first-order chi connectivity index (χ1) is 7.54. The molecule has 2 rings (SSSR count). The zero-order valence-electron chi connectivity index (χ0n) is 9.33. The van der Waals surface area contributed by atoms with Crippen LogP contribution in [-0.2, 0) is 0 Å². The van der Waals surface area contributed by atoms with E-state index in [4.69, 9.17) is 9.84 Å². The van der Waals surface area contributed by atoms with Crippen LogP contribution in [0.25, 0.3) is 10.1 Å². The summed E-state index contributed by atoms with van der Waals surface area (Å²) in [5, 5.41) is 10.1. The molecule has 4 heteroatoms. The van der Waals surface area contributed by atoms with E-state index in [0.717, 1.165) is 15.0 Å². The van der Waals surface area contributed by atoms with Crippen LogP contribution in [0.5, 0.6) is 5.75 Å². The van der Waals surface area contributed by atoms with Crippen LogP contribution < -0.4 is 4.74 Å². The zero-order chi connectivity index (χ0) is 11.9. The Morgan fingerprint density at radius 3 is 2.62 bits per heavy atom. The molecule has 0 aliphatic heterocycles. The van der Waals surface area contributed by atoms with E-state index in [2.05, 4.69) is 0 Å². The number of aryl methyl sites for hydroxylation is 1. The maximum atomic E-state index is 11.1. The summed E-state index contributed by atoms with van der Waals surface area (Å²) in [5.74, 6) is -0.247. The van der Waals surface area contributed by atoms with Crippen molar-refractivity contribution >= 4 is 27.4 Å². The van der Waals surface area contributed by atoms with Crippen LogP contribution in [0.4, 0.5) is 0 Å². The van der Waals surface area contributed by atoms with Crippen LogP contribution in [0, 0.1) is 13.8 Å². The molecule has 0 amide bonds. The van der Waals surface area contributed by atoms with Gasteiger partial charge in [0.05, 0.1) is 12.7 Å². The number of carboxylic acids is 1. The fourth-order valence-corrected chi connectivity index (χ4v) is 2.83. The number of methoxy groups -OCH3 is 1. The van der Waals surface area contributed by atoms with Gasteiger partial charge in [-0.05, 0) is 26.0 Å². The highest BCUT2D eigenvalue weighted by Gasteiger charge is 2.16. The highest BCUT2D eigenvalue weighted by atomic mass is 32.1. The molecule has 84 valence electrons. The van der Waals surface area contributed by atoms with Gasteiger partial charge in [0.1, 0.15) is 5.75 Å². The van der Waals surface area contributed by atoms with Crippen molar-refractivity contribution in [2.45, 2.75) is 13.8 Å². The quantitative estimate of drug-likeness (QED) is 0.870. The molecule has 0 aliphatic carbocycles. The van der Waals surface area contributed by atoms with Crippen LogP contribution in [0.15, 0.2) is 12.1 Å². The van der Waals surface area contributed by atoms with E-state index < -0.39 is 5.97 Å². The molecule has 0 radical (unpaired) electrons. The third-order valence-electron chi connectivity index (χ3n) is 2.58. The standard InChI is InChI=1S/C12H12O3S/c1-6-4-9-10(16-6)5-8(12(13)14)7(2)11(9)15-3/h4-5H,1-3H3,(H,13,14). The van der Waals surface area contributed by atoms with Gasteiger partial charge < -0.3 is 9.84 Å². The molecular formula is C12H12O3S. The molecule has 2 aromatic rings. The number of carbonyl (C=O) groups is 1. The van der Waals surface area contributed by atoms with Gasteiger partial charge >= 0.3 is 5.97 Å². The Bertz CT molecular complexity index is 569. The molecule has 0 spiro atoms. The number of hydrogen-bond acceptors (Lipinski definition) is 3. The van der Waals surface area contributed by atoms with Crippen LogP contribution >= 0.6 is 11.3 Å². The fraction of sp³-hybridized carbons (Fsp3) is 0.250. The Labute approximate surface area is 97.3 Å². The van der Waals surface area contributed by atoms with E-state index in [-0.39, 0.29) is 0 Å². The Kier molecular flexibility index (Phi) is 2.59. The summed E-state index contributed by atoms with van der Waals surface area (Å²) < 4.78 is 6.26. The monoisotopic (exact) mass is 236 g/mol. The Morgan fingerprint density at radius 2 is 2.06 bits per heavy atom. The fourth-order valence-electron chi connectivity index (χ4n) is 1.87. The van der Waals surface area contributed by atoms with E-state index in [1.54, 1.807) is 31.4 Å². The third kappa shape index (κ3) is 1.55. The van der Waals surface area contributed by atoms with Crippen molar-refractivity contribution < 1.29 is 14.6 Å². The summed E-state index contributed by atoms with van der Waals surface area (Å²) in [4.78, 5) is 12.2. The zero-order valence-corrected chi connectivity index (χ0v) is 10.1. The molecule has 0 saturated heterocycles. The molecule has 1 N–H and O–H groups in total. The second-order valence-corrected chi connectivity index (χ2v) is 4.94. The van der Waals surface area contributed by atoms with Crippen molar-refractivity contribution in [2.24, 2.45) is 0 Å². The lowest BCUT2D eigenvalue weighted by Gasteiger charge is -2.09. The summed E-state index contributed by atoms with van der Waals surface area (Å²) in [6, 6.07) is 3.74. The second kappa shape index (κ2) is 3.79. The first-order valence-corrected chi connectivity index (χ1v) is 5.67. The molecule has 0 saturated carbocycles. The van der Waals surface area contributed by atoms with E-state index in [1.165, 1.54) is 0 Å². The molecule has 0 fully saturated rings. The van der Waals surface area contributed by atoms with Crippen LogP contribution in [0.1, 0.15) is 20.8 Å². The summed E-state index contributed by atoms with van der Waals surface area (Å²) in [7, 11) is 1.57. The average molecular weight is 236 g/mol. The van der Waals surface area contributed by atoms with Gasteiger partial charge in [-0.3, -0.25) is 0 Å². The van der Waals surface area contributed by atoms with Gasteiger partial charge in [0, 0.05) is 20.5 Å². The summed E-state index contributed by atoms with van der Waals surface area (Å²) in [5.41, 5.74) is 0.992. The number of hydrogen-bond donors (Lipinski definition) is 1. The summed E-state index contributed by atoms with van der Waals surface area (Å²) >= 11 is 1.58. The average Bonchev–Trinajstić information content (AvgIpc) is 2.57. The predicted molar refractivity (Wildman–Crippen MR) is 64.8 cm³/mol. The van der Waals surface area contributed by atoms with Crippen LogP contribution in [0.3, 0.4) is 0 Å². The lowest BCUT2D eigenvalue weighted by Crippen LogP contribution is -2.01. The summed E-state index contributed by atoms with van der Waals surface area (Å²) in [6.07, 6.45) is 0. The van der Waals surface area contributed by atoms with Gasteiger partial charge in [-0.2, -0.15) is 0 Å². The second-order valence-electron chi connectivity index (χ2n) is 3.66. The minimum atomic E-state index is -0.913. The van der Waals surface area contributed by atoms with Crippen molar-refractivity contribution in [1.82, 2.24) is 0 Å². The van der Waals surface area contributed by atoms with Gasteiger partial charge in [0.25, 0.3) is 0 Å². The highest BCUT2D eigenvalue weighted by Crippen LogP contribution is 2.37. The van der Waals surface area contributed by atoms with Crippen molar-refractivity contribution in [1.29, 1.82) is 0 Å². The van der Waals surface area contributed by atoms with E-state index in [1.807, 2.05) is 13.0 Å². The maximum absolute atomic E-state index is 11.1. The Morgan fingerprint density at radius 1 is 1.38 bits per heavy atom. The van der Waals surface area contributed by atoms with Gasteiger partial charge in [-0.25, -0.2) is 4.79 Å². The minimum absolute atomic E-state index is 0.311. The van der Waals surface area contributed by atoms with E-state index >= 15 is 0 Å². The van der Waals surface area contributed by atoms with Crippen molar-refractivity contribution in [3.05, 3.63) is 28.1 Å². The largest absolute Gasteiger partial charge is 0.496 e. The molecule has 1 aromatic heterocycles. The van der Waals surface area contributed by atoms with Crippen molar-refractivity contribution in [3.63, 3.8) is 0 Å². The molecule has 3 nitrogen and oxygen atoms in total. The number of carboxylic acid groups (broad SMARTS) is 1. The number of aromatic carboxylic acids is 1. The number of ether oxygens (including phenoxy) is 1. The Hall–Kier alpha value is -1.55. The molecule has 1 heterocycles. The normalized spacial score (nSPS) is 10.7. The molecule has 0 bridgehead atoms. The lowest BCUT2D eigenvalue weighted by molar-refractivity contribution is 0.0696. The molecule has 1 aromatic carbocycles. The number of fused-ring (bicyclic) bond motifs is 1. The van der Waals surface area contributed by atoms with Gasteiger partial charge in [-0.1, -0.05) is 0 Å². The van der Waals surface area contributed by atoms with E-state index in [0.29, 0.717) is 16.9 Å². The first-order valence-electron chi connectivity index (χ1n) is 4.85. The SMILES string of the molecule is COc1c(C)c(C(=O)O)cc2sc(C)cc12. The maximum Gasteiger partial charge on any atom is 0.336 e. The molecule has 0 aliphatic rings. The third-order valence-corrected chi connectivity index (χ3v) is 3.58. The smallest absolute Gasteiger partial charge is 0.336 e. The van der Waals surface area contributed by atoms with E-state index in [9.17, 15) is 4.79 Å². The molecule has 16 heavy (non-hydrogen) atoms. The van der Waals surface area contributed by atoms with Crippen LogP contribution in [0.2, 0.25) is 0 Å². The topological polar surface area (TPSA) is 46.5 Å². The van der Waals surface area contributed by atoms with Crippen molar-refractivity contribution in [2.75, 3.05) is 7.11 Å². The van der Waals surface area contributed by atoms with Gasteiger partial charge in [-0.15, -0.1) is 11.3 Å². The van der Waals surface area contributed by atoms with Crippen molar-refractivity contribution in [3.8, 4) is 5.75 Å². The molecule has 0 unspecified atom stereocenters. The molecular weight excluding hydrogens is 224 g/mol. The first kappa shape index (κ1) is 11.0. The predicted octanol–water partition coefficient (Wildman–Crippen LogP) is 3.22. The highest BCUT2D eigenvalue weighted by molar-refractivity contribution is 7.19. The lowest BCUT2D eigenvalue weighted by atomic mass is 10.1. The minimum Gasteiger partial charge on any atom is -0.496 e. The molecule has 0 atom stereocenters. The van der Waals surface area contributed by atoms with Crippen LogP contribution in [-0.4, -0.2) is 18.2 Å². The number of thiophene rings is 1. The summed E-state index contributed by atoms with van der Waals surface area (Å²) in [6.45, 7) is 3.77. The van der Waals surface area contributed by atoms with Gasteiger partial charge in [0.2, 0.25) is 0 Å². The number of rotatable bonds is 2. The van der Waals surface area contributed by atoms with Gasteiger partial charge in [0.15, 0.2) is 0 Å². The number of benzene rings is 1.